The lowest BCUT2D eigenvalue weighted by atomic mass is 9.89. The number of halogens is 3. The zero-order chi connectivity index (χ0) is 16.0. The van der Waals surface area contributed by atoms with Gasteiger partial charge in [0.15, 0.2) is 0 Å². The van der Waals surface area contributed by atoms with Crippen LogP contribution in [-0.4, -0.2) is 19.6 Å². The van der Waals surface area contributed by atoms with Crippen molar-refractivity contribution < 1.29 is 13.5 Å². The molecule has 1 nitrogen and oxygen atoms in total. The van der Waals surface area contributed by atoms with Gasteiger partial charge in [-0.25, -0.2) is 8.78 Å². The van der Waals surface area contributed by atoms with Gasteiger partial charge in [-0.1, -0.05) is 45.9 Å². The molecule has 21 heavy (non-hydrogen) atoms. The smallest absolute Gasteiger partial charge is 0.261 e. The van der Waals surface area contributed by atoms with Gasteiger partial charge in [0.2, 0.25) is 0 Å². The van der Waals surface area contributed by atoms with Crippen molar-refractivity contribution in [3.05, 3.63) is 34.9 Å². The molecule has 0 saturated carbocycles. The van der Waals surface area contributed by atoms with E-state index < -0.39 is 13.0 Å². The molecule has 0 heterocycles. The van der Waals surface area contributed by atoms with Gasteiger partial charge in [-0.3, -0.25) is 0 Å². The Kier molecular flexibility index (Phi) is 7.61. The molecular weight excluding hydrogens is 294 g/mol. The highest BCUT2D eigenvalue weighted by atomic mass is 35.5. The Morgan fingerprint density at radius 1 is 1.05 bits per heavy atom. The molecule has 4 heteroatoms. The van der Waals surface area contributed by atoms with Crippen molar-refractivity contribution in [3.63, 3.8) is 0 Å². The standard InChI is InChI=1S/C17H25ClF2O/c1-11(2)13-5-6-14(15(9-13)12(3)4)16(18)7-8-21-10-17(19)20/h5-6,9,11-12,16-17H,7-8,10H2,1-4H3. The number of rotatable bonds is 8. The fourth-order valence-electron chi connectivity index (χ4n) is 2.25. The molecule has 0 saturated heterocycles. The Morgan fingerprint density at radius 3 is 2.24 bits per heavy atom. The van der Waals surface area contributed by atoms with E-state index in [1.54, 1.807) is 0 Å². The predicted molar refractivity (Wildman–Crippen MR) is 84.7 cm³/mol. The molecule has 1 atom stereocenters. The summed E-state index contributed by atoms with van der Waals surface area (Å²) in [5.41, 5.74) is 3.60. The largest absolute Gasteiger partial charge is 0.375 e. The summed E-state index contributed by atoms with van der Waals surface area (Å²) in [7, 11) is 0. The summed E-state index contributed by atoms with van der Waals surface area (Å²) in [6.07, 6.45) is -1.88. The van der Waals surface area contributed by atoms with Gasteiger partial charge in [-0.2, -0.15) is 0 Å². The third-order valence-electron chi connectivity index (χ3n) is 3.50. The molecule has 0 spiro atoms. The van der Waals surface area contributed by atoms with Gasteiger partial charge in [0, 0.05) is 6.61 Å². The Morgan fingerprint density at radius 2 is 1.71 bits per heavy atom. The second-order valence-electron chi connectivity index (χ2n) is 5.92. The third kappa shape index (κ3) is 5.91. The fourth-order valence-corrected chi connectivity index (χ4v) is 2.54. The first-order chi connectivity index (χ1) is 9.82. The minimum absolute atomic E-state index is 0.207. The maximum absolute atomic E-state index is 12.0. The van der Waals surface area contributed by atoms with Crippen LogP contribution < -0.4 is 0 Å². The van der Waals surface area contributed by atoms with E-state index in [-0.39, 0.29) is 12.0 Å². The van der Waals surface area contributed by atoms with Crippen LogP contribution in [0.3, 0.4) is 0 Å². The van der Waals surface area contributed by atoms with E-state index in [1.165, 1.54) is 11.1 Å². The second kappa shape index (κ2) is 8.70. The van der Waals surface area contributed by atoms with Crippen molar-refractivity contribution in [1.29, 1.82) is 0 Å². The summed E-state index contributed by atoms with van der Waals surface area (Å²) in [5.74, 6) is 0.849. The van der Waals surface area contributed by atoms with E-state index in [0.717, 1.165) is 5.56 Å². The molecule has 0 fully saturated rings. The lowest BCUT2D eigenvalue weighted by molar-refractivity contribution is 0.0165. The molecule has 0 amide bonds. The molecule has 0 aliphatic rings. The average Bonchev–Trinajstić information content (AvgIpc) is 2.42. The molecule has 1 rings (SSSR count). The van der Waals surface area contributed by atoms with Gasteiger partial charge in [-0.15, -0.1) is 11.6 Å². The minimum Gasteiger partial charge on any atom is -0.375 e. The molecule has 0 bridgehead atoms. The Labute approximate surface area is 131 Å². The van der Waals surface area contributed by atoms with Gasteiger partial charge in [0.05, 0.1) is 5.38 Å². The summed E-state index contributed by atoms with van der Waals surface area (Å²) in [6.45, 7) is 8.33. The molecule has 0 N–H and O–H groups in total. The van der Waals surface area contributed by atoms with Crippen molar-refractivity contribution >= 4 is 11.6 Å². The topological polar surface area (TPSA) is 9.23 Å². The quantitative estimate of drug-likeness (QED) is 0.429. The number of benzene rings is 1. The average molecular weight is 319 g/mol. The zero-order valence-corrected chi connectivity index (χ0v) is 14.0. The molecule has 0 aliphatic heterocycles. The van der Waals surface area contributed by atoms with Crippen LogP contribution in [0.25, 0.3) is 0 Å². The Hall–Kier alpha value is -0.670. The van der Waals surface area contributed by atoms with Crippen LogP contribution in [-0.2, 0) is 4.74 Å². The van der Waals surface area contributed by atoms with Crippen LogP contribution in [0.2, 0.25) is 0 Å². The fraction of sp³-hybridized carbons (Fsp3) is 0.647. The van der Waals surface area contributed by atoms with Crippen LogP contribution >= 0.6 is 11.6 Å². The molecule has 1 aromatic carbocycles. The number of alkyl halides is 3. The third-order valence-corrected chi connectivity index (χ3v) is 3.95. The second-order valence-corrected chi connectivity index (χ2v) is 6.45. The van der Waals surface area contributed by atoms with Crippen LogP contribution in [0.4, 0.5) is 8.78 Å². The summed E-state index contributed by atoms with van der Waals surface area (Å²) >= 11 is 6.44. The molecule has 120 valence electrons. The number of hydrogen-bond acceptors (Lipinski definition) is 1. The minimum atomic E-state index is -2.42. The van der Waals surface area contributed by atoms with Crippen LogP contribution in [0, 0.1) is 0 Å². The van der Waals surface area contributed by atoms with Gasteiger partial charge < -0.3 is 4.74 Å². The summed E-state index contributed by atoms with van der Waals surface area (Å²) in [6, 6.07) is 6.37. The van der Waals surface area contributed by atoms with Crippen molar-refractivity contribution in [3.8, 4) is 0 Å². The first-order valence-electron chi connectivity index (χ1n) is 7.46. The van der Waals surface area contributed by atoms with Crippen LogP contribution in [0.15, 0.2) is 18.2 Å². The maximum Gasteiger partial charge on any atom is 0.261 e. The van der Waals surface area contributed by atoms with Crippen molar-refractivity contribution in [2.24, 2.45) is 0 Å². The maximum atomic E-state index is 12.0. The monoisotopic (exact) mass is 318 g/mol. The number of hydrogen-bond donors (Lipinski definition) is 0. The van der Waals surface area contributed by atoms with E-state index in [2.05, 4.69) is 45.9 Å². The van der Waals surface area contributed by atoms with Crippen LogP contribution in [0.5, 0.6) is 0 Å². The highest BCUT2D eigenvalue weighted by Crippen LogP contribution is 2.33. The van der Waals surface area contributed by atoms with Gasteiger partial charge in [0.1, 0.15) is 6.61 Å². The summed E-state index contributed by atoms with van der Waals surface area (Å²) in [5, 5.41) is -0.207. The highest BCUT2D eigenvalue weighted by molar-refractivity contribution is 6.20. The van der Waals surface area contributed by atoms with Crippen molar-refractivity contribution in [1.82, 2.24) is 0 Å². The lowest BCUT2D eigenvalue weighted by Crippen LogP contribution is -2.08. The molecule has 0 aliphatic carbocycles. The normalized spacial score (nSPS) is 13.4. The van der Waals surface area contributed by atoms with Crippen molar-refractivity contribution in [2.45, 2.75) is 57.8 Å². The summed E-state index contributed by atoms with van der Waals surface area (Å²) in [4.78, 5) is 0. The van der Waals surface area contributed by atoms with Crippen molar-refractivity contribution in [2.75, 3.05) is 13.2 Å². The van der Waals surface area contributed by atoms with E-state index >= 15 is 0 Å². The molecule has 1 unspecified atom stereocenters. The molecule has 1 aromatic rings. The Bertz CT molecular complexity index is 433. The number of ether oxygens (including phenoxy) is 1. The molecule has 0 radical (unpaired) electrons. The molecule has 0 aromatic heterocycles. The first-order valence-corrected chi connectivity index (χ1v) is 7.90. The lowest BCUT2D eigenvalue weighted by Gasteiger charge is -2.20. The summed E-state index contributed by atoms with van der Waals surface area (Å²) < 4.78 is 28.9. The SMILES string of the molecule is CC(C)c1ccc(C(Cl)CCOCC(F)F)c(C(C)C)c1. The Balaban J connectivity index is 2.76. The van der Waals surface area contributed by atoms with Gasteiger partial charge in [0.25, 0.3) is 6.43 Å². The van der Waals surface area contributed by atoms with E-state index in [1.807, 2.05) is 0 Å². The predicted octanol–water partition coefficient (Wildman–Crippen LogP) is 5.89. The van der Waals surface area contributed by atoms with Crippen LogP contribution in [0.1, 0.15) is 68.0 Å². The molecular formula is C17H25ClF2O. The van der Waals surface area contributed by atoms with E-state index in [0.29, 0.717) is 18.3 Å². The first kappa shape index (κ1) is 18.4. The van der Waals surface area contributed by atoms with Gasteiger partial charge >= 0.3 is 0 Å². The van der Waals surface area contributed by atoms with E-state index in [9.17, 15) is 8.78 Å². The van der Waals surface area contributed by atoms with E-state index in [4.69, 9.17) is 16.3 Å². The zero-order valence-electron chi connectivity index (χ0n) is 13.2. The van der Waals surface area contributed by atoms with Gasteiger partial charge in [-0.05, 0) is 34.9 Å². The highest BCUT2D eigenvalue weighted by Gasteiger charge is 2.16.